The summed E-state index contributed by atoms with van der Waals surface area (Å²) in [4.78, 5) is 1.68. The first-order valence-electron chi connectivity index (χ1n) is 4.61. The van der Waals surface area contributed by atoms with Gasteiger partial charge in [0, 0.05) is 0 Å². The van der Waals surface area contributed by atoms with Crippen LogP contribution in [0.5, 0.6) is 0 Å². The van der Waals surface area contributed by atoms with E-state index in [0.717, 1.165) is 0 Å². The Balaban J connectivity index is 2.73. The fraction of sp³-hybridized carbons (Fsp3) is 0.636. The van der Waals surface area contributed by atoms with E-state index >= 15 is 0 Å². The van der Waals surface area contributed by atoms with Crippen molar-refractivity contribution in [1.29, 1.82) is 0 Å². The molecule has 1 aliphatic carbocycles. The SMILES string of the molecule is CCC1=CC=C(S(C)(C)C)CC1. The van der Waals surface area contributed by atoms with E-state index < -0.39 is 10.0 Å². The molecule has 0 amide bonds. The molecule has 1 heteroatoms. The second-order valence-electron chi connectivity index (χ2n) is 4.15. The largest absolute Gasteiger partial charge is 0.227 e. The molecule has 12 heavy (non-hydrogen) atoms. The average molecular weight is 184 g/mol. The van der Waals surface area contributed by atoms with Gasteiger partial charge < -0.3 is 0 Å². The van der Waals surface area contributed by atoms with Crippen LogP contribution in [-0.2, 0) is 0 Å². The molecule has 0 aromatic heterocycles. The maximum atomic E-state index is 2.38. The lowest BCUT2D eigenvalue weighted by atomic mass is 10.0. The Morgan fingerprint density at radius 3 is 2.17 bits per heavy atom. The van der Waals surface area contributed by atoms with Gasteiger partial charge >= 0.3 is 0 Å². The molecule has 0 atom stereocenters. The summed E-state index contributed by atoms with van der Waals surface area (Å²) >= 11 is 0. The van der Waals surface area contributed by atoms with E-state index in [1.165, 1.54) is 19.3 Å². The van der Waals surface area contributed by atoms with E-state index in [2.05, 4.69) is 37.8 Å². The summed E-state index contributed by atoms with van der Waals surface area (Å²) in [7, 11) is -0.441. The minimum Gasteiger partial charge on any atom is -0.227 e. The highest BCUT2D eigenvalue weighted by atomic mass is 32.3. The third-order valence-corrected chi connectivity index (χ3v) is 4.35. The van der Waals surface area contributed by atoms with Crippen molar-refractivity contribution in [1.82, 2.24) is 0 Å². The molecule has 1 aliphatic rings. The smallest absolute Gasteiger partial charge is 0.0196 e. The molecule has 0 saturated heterocycles. The zero-order chi connectivity index (χ0) is 9.19. The zero-order valence-electron chi connectivity index (χ0n) is 8.68. The van der Waals surface area contributed by atoms with Crippen LogP contribution in [0.25, 0.3) is 0 Å². The maximum absolute atomic E-state index is 2.38. The molecule has 0 aromatic rings. The first-order valence-corrected chi connectivity index (χ1v) is 7.47. The van der Waals surface area contributed by atoms with Crippen LogP contribution in [-0.4, -0.2) is 18.8 Å². The van der Waals surface area contributed by atoms with E-state index in [0.29, 0.717) is 0 Å². The van der Waals surface area contributed by atoms with E-state index in [4.69, 9.17) is 0 Å². The van der Waals surface area contributed by atoms with E-state index in [1.54, 1.807) is 10.5 Å². The molecule has 1 rings (SSSR count). The van der Waals surface area contributed by atoms with Crippen LogP contribution in [0.3, 0.4) is 0 Å². The summed E-state index contributed by atoms with van der Waals surface area (Å²) in [6.45, 7) is 2.24. The summed E-state index contributed by atoms with van der Waals surface area (Å²) in [6, 6.07) is 0. The summed E-state index contributed by atoms with van der Waals surface area (Å²) in [5.74, 6) is 0. The number of rotatable bonds is 2. The minimum absolute atomic E-state index is 0.441. The molecular weight excluding hydrogens is 164 g/mol. The van der Waals surface area contributed by atoms with Gasteiger partial charge in [0.25, 0.3) is 0 Å². The molecule has 0 aliphatic heterocycles. The quantitative estimate of drug-likeness (QED) is 0.614. The molecule has 0 spiro atoms. The normalized spacial score (nSPS) is 20.0. The van der Waals surface area contributed by atoms with Gasteiger partial charge in [-0.15, -0.1) is 0 Å². The van der Waals surface area contributed by atoms with E-state index in [-0.39, 0.29) is 0 Å². The second kappa shape index (κ2) is 3.69. The Kier molecular flexibility index (Phi) is 3.05. The first kappa shape index (κ1) is 9.91. The van der Waals surface area contributed by atoms with Gasteiger partial charge in [-0.3, -0.25) is 0 Å². The number of hydrogen-bond acceptors (Lipinski definition) is 0. The molecule has 0 N–H and O–H groups in total. The Labute approximate surface area is 78.1 Å². The highest BCUT2D eigenvalue weighted by Gasteiger charge is 2.13. The topological polar surface area (TPSA) is 0 Å². The molecule has 0 heterocycles. The van der Waals surface area contributed by atoms with Gasteiger partial charge in [0.1, 0.15) is 0 Å². The van der Waals surface area contributed by atoms with E-state index in [1.807, 2.05) is 0 Å². The van der Waals surface area contributed by atoms with Crippen LogP contribution in [0.15, 0.2) is 22.6 Å². The van der Waals surface area contributed by atoms with Crippen molar-refractivity contribution in [3.8, 4) is 0 Å². The molecule has 70 valence electrons. The van der Waals surface area contributed by atoms with Crippen LogP contribution in [0.1, 0.15) is 26.2 Å². The predicted molar refractivity (Wildman–Crippen MR) is 61.1 cm³/mol. The zero-order valence-corrected chi connectivity index (χ0v) is 9.50. The van der Waals surface area contributed by atoms with Gasteiger partial charge in [-0.1, -0.05) is 24.6 Å². The van der Waals surface area contributed by atoms with Crippen LogP contribution in [0.2, 0.25) is 0 Å². The van der Waals surface area contributed by atoms with E-state index in [9.17, 15) is 0 Å². The minimum atomic E-state index is -0.441. The summed E-state index contributed by atoms with van der Waals surface area (Å²) in [5, 5.41) is 0. The van der Waals surface area contributed by atoms with Crippen molar-refractivity contribution in [2.24, 2.45) is 0 Å². The number of allylic oxidation sites excluding steroid dienone is 4. The highest BCUT2D eigenvalue weighted by molar-refractivity contribution is 8.35. The first-order chi connectivity index (χ1) is 5.54. The van der Waals surface area contributed by atoms with Crippen molar-refractivity contribution in [2.75, 3.05) is 18.8 Å². The molecule has 0 saturated carbocycles. The van der Waals surface area contributed by atoms with Gasteiger partial charge in [-0.25, -0.2) is 10.0 Å². The fourth-order valence-corrected chi connectivity index (χ4v) is 2.66. The van der Waals surface area contributed by atoms with Crippen molar-refractivity contribution < 1.29 is 0 Å². The third-order valence-electron chi connectivity index (χ3n) is 2.44. The van der Waals surface area contributed by atoms with Crippen molar-refractivity contribution >= 4 is 10.0 Å². The standard InChI is InChI=1S/C11H20S/c1-5-10-6-8-11(9-7-10)12(2,3)4/h6,8H,5,7,9H2,1-4H3. The van der Waals surface area contributed by atoms with Gasteiger partial charge in [-0.05, 0) is 42.9 Å². The highest BCUT2D eigenvalue weighted by Crippen LogP contribution is 2.48. The van der Waals surface area contributed by atoms with Crippen LogP contribution in [0, 0.1) is 0 Å². The summed E-state index contributed by atoms with van der Waals surface area (Å²) in [6.07, 6.45) is 15.7. The lowest BCUT2D eigenvalue weighted by Gasteiger charge is -2.31. The summed E-state index contributed by atoms with van der Waals surface area (Å²) in [5.41, 5.74) is 1.61. The Bertz CT molecular complexity index is 216. The lowest BCUT2D eigenvalue weighted by Crippen LogP contribution is -2.00. The lowest BCUT2D eigenvalue weighted by molar-refractivity contribution is 0.885. The fourth-order valence-electron chi connectivity index (χ4n) is 1.47. The van der Waals surface area contributed by atoms with Gasteiger partial charge in [-0.2, -0.15) is 0 Å². The Morgan fingerprint density at radius 1 is 1.17 bits per heavy atom. The second-order valence-corrected chi connectivity index (χ2v) is 8.35. The van der Waals surface area contributed by atoms with Crippen LogP contribution < -0.4 is 0 Å². The Morgan fingerprint density at radius 2 is 1.83 bits per heavy atom. The third kappa shape index (κ3) is 2.41. The molecule has 0 aromatic carbocycles. The Hall–Kier alpha value is -0.170. The van der Waals surface area contributed by atoms with Crippen molar-refractivity contribution in [3.63, 3.8) is 0 Å². The van der Waals surface area contributed by atoms with Crippen LogP contribution >= 0.6 is 10.0 Å². The van der Waals surface area contributed by atoms with Gasteiger partial charge in [0.2, 0.25) is 0 Å². The average Bonchev–Trinajstić information content (AvgIpc) is 2.03. The van der Waals surface area contributed by atoms with Crippen molar-refractivity contribution in [2.45, 2.75) is 26.2 Å². The monoisotopic (exact) mass is 184 g/mol. The maximum Gasteiger partial charge on any atom is -0.0196 e. The van der Waals surface area contributed by atoms with Crippen LogP contribution in [0.4, 0.5) is 0 Å². The molecule has 0 unspecified atom stereocenters. The number of hydrogen-bond donors (Lipinski definition) is 0. The molecule has 0 nitrogen and oxygen atoms in total. The predicted octanol–water partition coefficient (Wildman–Crippen LogP) is 3.69. The molecule has 0 fully saturated rings. The van der Waals surface area contributed by atoms with Crippen molar-refractivity contribution in [3.05, 3.63) is 22.6 Å². The van der Waals surface area contributed by atoms with Gasteiger partial charge in [0.05, 0.1) is 0 Å². The molecular formula is C11H20S. The summed E-state index contributed by atoms with van der Waals surface area (Å²) < 4.78 is 0. The molecule has 0 bridgehead atoms. The molecule has 0 radical (unpaired) electrons. The van der Waals surface area contributed by atoms with Gasteiger partial charge in [0.15, 0.2) is 0 Å².